The van der Waals surface area contributed by atoms with E-state index in [4.69, 9.17) is 18.4 Å². The molecule has 2 aliphatic rings. The second-order valence-electron chi connectivity index (χ2n) is 20.2. The second-order valence-corrected chi connectivity index (χ2v) is 34.3. The molecule has 3 N–H and O–H groups in total. The molecule has 5 atom stereocenters. The normalized spacial score (nSPS) is 23.8. The average Bonchev–Trinajstić information content (AvgIpc) is 3.44. The molecule has 400 valence electrons. The van der Waals surface area contributed by atoms with Crippen LogP contribution in [0.3, 0.4) is 0 Å². The van der Waals surface area contributed by atoms with Crippen LogP contribution in [0, 0.1) is 0 Å². The zero-order chi connectivity index (χ0) is 51.1. The summed E-state index contributed by atoms with van der Waals surface area (Å²) < 4.78 is 35.5. The molecule has 0 radical (unpaired) electrons. The first kappa shape index (κ1) is 63.4. The van der Waals surface area contributed by atoms with E-state index in [0.29, 0.717) is 44.9 Å². The molecule has 2 heterocycles. The predicted octanol–water partition coefficient (Wildman–Crippen LogP) is 11.5. The SMILES string of the molecule is CCCCCCCCC1(O)CC(=O)[O][Sn]([CH2]CCCCCCC)([O]C(=O)CC(O)(CCCCCCCC)C(=O)[O][Sn]2([CH2]CCCCCCC)[O]C(=O)CC(O)(CCCCCCCC)C(=O)[O]2)[O]C1=O. The van der Waals surface area contributed by atoms with E-state index < -0.39 is 111 Å². The van der Waals surface area contributed by atoms with Gasteiger partial charge in [0.05, 0.1) is 0 Å². The van der Waals surface area contributed by atoms with Gasteiger partial charge < -0.3 is 0 Å². The Balaban J connectivity index is 2.50. The molecule has 0 bridgehead atoms. The number of carbonyl (C=O) groups is 6. The Morgan fingerprint density at radius 3 is 1.17 bits per heavy atom. The van der Waals surface area contributed by atoms with Gasteiger partial charge in [0.2, 0.25) is 0 Å². The van der Waals surface area contributed by atoms with E-state index in [-0.39, 0.29) is 34.6 Å². The van der Waals surface area contributed by atoms with E-state index in [2.05, 4.69) is 34.6 Å². The summed E-state index contributed by atoms with van der Waals surface area (Å²) in [6, 6.07) is 0. The van der Waals surface area contributed by atoms with E-state index in [9.17, 15) is 44.1 Å². The van der Waals surface area contributed by atoms with Crippen LogP contribution in [0.25, 0.3) is 0 Å². The average molecular weight is 1200 g/mol. The van der Waals surface area contributed by atoms with E-state index in [1.807, 2.05) is 0 Å². The van der Waals surface area contributed by atoms with Crippen LogP contribution in [-0.4, -0.2) is 107 Å². The van der Waals surface area contributed by atoms with Crippen LogP contribution in [0.2, 0.25) is 8.87 Å². The molecule has 2 rings (SSSR count). The molecule has 0 spiro atoms. The summed E-state index contributed by atoms with van der Waals surface area (Å²) in [4.78, 5) is 83.8. The molecule has 0 aromatic heterocycles. The number of carbonyl (C=O) groups excluding carboxylic acids is 6. The van der Waals surface area contributed by atoms with Gasteiger partial charge in [-0.25, -0.2) is 0 Å². The Morgan fingerprint density at radius 1 is 0.478 bits per heavy atom. The first-order valence-electron chi connectivity index (χ1n) is 27.5. The van der Waals surface area contributed by atoms with Crippen molar-refractivity contribution in [3.05, 3.63) is 0 Å². The van der Waals surface area contributed by atoms with Crippen molar-refractivity contribution < 1.29 is 62.5 Å². The van der Waals surface area contributed by atoms with Crippen LogP contribution in [0.15, 0.2) is 0 Å². The minimum absolute atomic E-state index is 0.0399. The molecular formula is C52H94O15Sn2. The Bertz CT molecular complexity index is 1530. The summed E-state index contributed by atoms with van der Waals surface area (Å²) in [6.07, 6.45) is 22.1. The summed E-state index contributed by atoms with van der Waals surface area (Å²) in [5.41, 5.74) is -6.97. The molecule has 17 heteroatoms. The number of hydrogen-bond donors (Lipinski definition) is 3. The van der Waals surface area contributed by atoms with Crippen molar-refractivity contribution in [2.45, 2.75) is 291 Å². The quantitative estimate of drug-likeness (QED) is 0.0384. The minimum atomic E-state index is -5.74. The molecule has 15 nitrogen and oxygen atoms in total. The Kier molecular flexibility index (Phi) is 31.9. The zero-order valence-corrected chi connectivity index (χ0v) is 49.3. The summed E-state index contributed by atoms with van der Waals surface area (Å²) in [7, 11) is 0. The van der Waals surface area contributed by atoms with Gasteiger partial charge in [-0.05, 0) is 0 Å². The van der Waals surface area contributed by atoms with Gasteiger partial charge in [-0.3, -0.25) is 0 Å². The van der Waals surface area contributed by atoms with Gasteiger partial charge in [0.15, 0.2) is 0 Å². The van der Waals surface area contributed by atoms with Crippen LogP contribution in [-0.2, 0) is 47.2 Å². The number of rotatable bonds is 40. The van der Waals surface area contributed by atoms with E-state index in [1.54, 1.807) is 0 Å². The van der Waals surface area contributed by atoms with Crippen LogP contribution in [0.4, 0.5) is 0 Å². The van der Waals surface area contributed by atoms with Crippen molar-refractivity contribution in [2.75, 3.05) is 0 Å². The molecular weight excluding hydrogens is 1100 g/mol. The Labute approximate surface area is 426 Å². The summed E-state index contributed by atoms with van der Waals surface area (Å²) >= 11 is -11.4. The maximum absolute atomic E-state index is 14.6. The summed E-state index contributed by atoms with van der Waals surface area (Å²) in [5.74, 6) is -6.56. The third-order valence-electron chi connectivity index (χ3n) is 13.5. The van der Waals surface area contributed by atoms with Crippen molar-refractivity contribution in [3.63, 3.8) is 0 Å². The van der Waals surface area contributed by atoms with Crippen molar-refractivity contribution >= 4 is 75.1 Å². The monoisotopic (exact) mass is 1200 g/mol. The van der Waals surface area contributed by atoms with E-state index in [1.165, 1.54) is 0 Å². The van der Waals surface area contributed by atoms with Crippen LogP contribution >= 0.6 is 0 Å². The van der Waals surface area contributed by atoms with Crippen molar-refractivity contribution in [1.82, 2.24) is 0 Å². The van der Waals surface area contributed by atoms with Crippen molar-refractivity contribution in [3.8, 4) is 0 Å². The topological polar surface area (TPSA) is 218 Å². The van der Waals surface area contributed by atoms with Crippen molar-refractivity contribution in [2.24, 2.45) is 0 Å². The first-order valence-corrected chi connectivity index (χ1v) is 38.5. The zero-order valence-electron chi connectivity index (χ0n) is 43.6. The van der Waals surface area contributed by atoms with Gasteiger partial charge in [-0.15, -0.1) is 0 Å². The second kappa shape index (κ2) is 34.7. The molecule has 0 aromatic rings. The van der Waals surface area contributed by atoms with E-state index >= 15 is 0 Å². The summed E-state index contributed by atoms with van der Waals surface area (Å²) in [5, 5.41) is 35.6. The fraction of sp³-hybridized carbons (Fsp3) is 0.885. The van der Waals surface area contributed by atoms with Gasteiger partial charge in [-0.1, -0.05) is 0 Å². The predicted molar refractivity (Wildman–Crippen MR) is 267 cm³/mol. The Hall–Kier alpha value is -1.70. The maximum atomic E-state index is 14.6. The number of hydrogen-bond acceptors (Lipinski definition) is 15. The van der Waals surface area contributed by atoms with Crippen LogP contribution < -0.4 is 0 Å². The van der Waals surface area contributed by atoms with Crippen molar-refractivity contribution in [1.29, 1.82) is 0 Å². The standard InChI is InChI=1S/3C12H22O5.2C8H17.2Sn/c3*1-2-3-4-5-6-7-8-12(17,11(15)16)9-10(13)14;2*1-3-5-7-8-6-4-2;;/h3*17H,2-9H2,1H3,(H,13,14)(H,15,16);2*1,3-8H2,2H3;;/q;;;;;2*+3/p-6. The van der Waals surface area contributed by atoms with Gasteiger partial charge in [0.25, 0.3) is 0 Å². The number of unbranched alkanes of at least 4 members (excludes halogenated alkanes) is 25. The number of aliphatic hydroxyl groups is 3. The van der Waals surface area contributed by atoms with E-state index in [0.717, 1.165) is 141 Å². The molecule has 69 heavy (non-hydrogen) atoms. The molecule has 2 fully saturated rings. The molecule has 0 aliphatic carbocycles. The molecule has 5 unspecified atom stereocenters. The van der Waals surface area contributed by atoms with Crippen LogP contribution in [0.5, 0.6) is 0 Å². The fourth-order valence-corrected chi connectivity index (χ4v) is 23.1. The fourth-order valence-electron chi connectivity index (χ4n) is 9.11. The van der Waals surface area contributed by atoms with Gasteiger partial charge in [0.1, 0.15) is 0 Å². The molecule has 0 saturated carbocycles. The molecule has 0 amide bonds. The third kappa shape index (κ3) is 24.3. The van der Waals surface area contributed by atoms with Gasteiger partial charge in [0, 0.05) is 0 Å². The molecule has 2 aliphatic heterocycles. The summed E-state index contributed by atoms with van der Waals surface area (Å²) in [6.45, 7) is 10.5. The first-order chi connectivity index (χ1) is 33.0. The molecule has 0 aromatic carbocycles. The third-order valence-corrected chi connectivity index (χ3v) is 27.9. The Morgan fingerprint density at radius 2 is 0.797 bits per heavy atom. The van der Waals surface area contributed by atoms with Gasteiger partial charge >= 0.3 is 429 Å². The van der Waals surface area contributed by atoms with Crippen LogP contribution in [0.1, 0.15) is 266 Å². The van der Waals surface area contributed by atoms with Gasteiger partial charge in [-0.2, -0.15) is 0 Å². The molecule has 2 saturated heterocycles.